The van der Waals surface area contributed by atoms with Crippen LogP contribution in [0.1, 0.15) is 39.5 Å². The van der Waals surface area contributed by atoms with Crippen LogP contribution in [-0.2, 0) is 5.41 Å². The van der Waals surface area contributed by atoms with Crippen LogP contribution in [0.2, 0.25) is 0 Å². The van der Waals surface area contributed by atoms with E-state index in [1.807, 2.05) is 11.3 Å². The van der Waals surface area contributed by atoms with Crippen molar-refractivity contribution in [3.05, 3.63) is 142 Å². The smallest absolute Gasteiger partial charge is 0.0478 e. The van der Waals surface area contributed by atoms with Crippen molar-refractivity contribution in [2.45, 2.75) is 17.8 Å². The summed E-state index contributed by atoms with van der Waals surface area (Å²) in [4.78, 5) is 1.52. The average molecular weight is 403 g/mol. The Labute approximate surface area is 181 Å². The van der Waals surface area contributed by atoms with Crippen LogP contribution < -0.4 is 0 Å². The molecule has 0 nitrogen and oxygen atoms in total. The molecule has 4 aromatic carbocycles. The van der Waals surface area contributed by atoms with Gasteiger partial charge in [-0.2, -0.15) is 0 Å². The van der Waals surface area contributed by atoms with E-state index in [4.69, 9.17) is 0 Å². The summed E-state index contributed by atoms with van der Waals surface area (Å²) in [5.41, 5.74) is 5.56. The number of fused-ring (bicyclic) bond motifs is 3. The summed E-state index contributed by atoms with van der Waals surface area (Å²) < 4.78 is 1.39. The molecule has 1 atom stereocenters. The maximum absolute atomic E-state index is 2.32. The van der Waals surface area contributed by atoms with Gasteiger partial charge in [-0.25, -0.2) is 0 Å². The molecule has 0 bridgehead atoms. The minimum Gasteiger partial charge on any atom is -0.139 e. The van der Waals surface area contributed by atoms with Gasteiger partial charge in [0, 0.05) is 20.9 Å². The van der Waals surface area contributed by atoms with Crippen LogP contribution in [0, 0.1) is 0 Å². The first-order valence-corrected chi connectivity index (χ1v) is 11.4. The zero-order valence-electron chi connectivity index (χ0n) is 16.7. The lowest BCUT2D eigenvalue weighted by molar-refractivity contribution is 0.580. The van der Waals surface area contributed by atoms with Crippen molar-refractivity contribution < 1.29 is 0 Å². The van der Waals surface area contributed by atoms with Crippen molar-refractivity contribution in [3.8, 4) is 0 Å². The molecule has 0 spiro atoms. The number of thiophene rings is 1. The first-order chi connectivity index (χ1) is 14.9. The van der Waals surface area contributed by atoms with Crippen LogP contribution in [0.5, 0.6) is 0 Å². The predicted molar refractivity (Wildman–Crippen MR) is 127 cm³/mol. The van der Waals surface area contributed by atoms with E-state index in [-0.39, 0.29) is 5.41 Å². The van der Waals surface area contributed by atoms with Crippen molar-refractivity contribution in [1.29, 1.82) is 0 Å². The SMILES string of the molecule is c1ccc(C2CC(c3ccccc3)(c3ccccc3)c3c2sc2ccccc32)cc1. The number of rotatable bonds is 3. The Balaban J connectivity index is 1.73. The molecule has 1 heterocycles. The first-order valence-electron chi connectivity index (χ1n) is 10.6. The standard InChI is InChI=1S/C29H22S/c1-4-12-21(13-5-1)25-20-29(22-14-6-2-7-15-22,23-16-8-3-9-17-23)27-24-18-10-11-19-26(24)30-28(25)27/h1-19,25H,20H2. The Bertz CT molecular complexity index is 1260. The molecule has 0 amide bonds. The lowest BCUT2D eigenvalue weighted by atomic mass is 9.69. The molecule has 1 aliphatic rings. The molecule has 6 rings (SSSR count). The largest absolute Gasteiger partial charge is 0.139 e. The zero-order valence-corrected chi connectivity index (χ0v) is 17.5. The van der Waals surface area contributed by atoms with Crippen LogP contribution in [0.15, 0.2) is 115 Å². The highest BCUT2D eigenvalue weighted by molar-refractivity contribution is 7.19. The molecule has 30 heavy (non-hydrogen) atoms. The fraction of sp³-hybridized carbons (Fsp3) is 0.103. The van der Waals surface area contributed by atoms with Gasteiger partial charge in [0.25, 0.3) is 0 Å². The highest BCUT2D eigenvalue weighted by atomic mass is 32.1. The summed E-state index contributed by atoms with van der Waals surface area (Å²) in [5, 5.41) is 1.41. The first kappa shape index (κ1) is 17.7. The number of benzene rings is 4. The topological polar surface area (TPSA) is 0 Å². The van der Waals surface area contributed by atoms with Crippen molar-refractivity contribution in [1.82, 2.24) is 0 Å². The van der Waals surface area contributed by atoms with Gasteiger partial charge < -0.3 is 0 Å². The van der Waals surface area contributed by atoms with Gasteiger partial charge in [-0.1, -0.05) is 109 Å². The molecule has 0 aliphatic heterocycles. The quantitative estimate of drug-likeness (QED) is 0.289. The van der Waals surface area contributed by atoms with Crippen LogP contribution in [0.3, 0.4) is 0 Å². The van der Waals surface area contributed by atoms with Gasteiger partial charge in [0.2, 0.25) is 0 Å². The highest BCUT2D eigenvalue weighted by Gasteiger charge is 2.49. The number of hydrogen-bond acceptors (Lipinski definition) is 1. The molecule has 0 fully saturated rings. The molecule has 0 saturated carbocycles. The molecule has 1 aromatic heterocycles. The van der Waals surface area contributed by atoms with E-state index in [1.54, 1.807) is 0 Å². The van der Waals surface area contributed by atoms with Crippen LogP contribution in [0.25, 0.3) is 10.1 Å². The third-order valence-corrected chi connectivity index (χ3v) is 7.90. The summed E-state index contributed by atoms with van der Waals surface area (Å²) >= 11 is 1.98. The van der Waals surface area contributed by atoms with Crippen LogP contribution >= 0.6 is 11.3 Å². The monoisotopic (exact) mass is 402 g/mol. The second-order valence-corrected chi connectivity index (χ2v) is 9.23. The van der Waals surface area contributed by atoms with Crippen molar-refractivity contribution >= 4 is 21.4 Å². The Morgan fingerprint density at radius 3 is 1.77 bits per heavy atom. The molecule has 5 aromatic rings. The molecule has 0 radical (unpaired) electrons. The van der Waals surface area contributed by atoms with Gasteiger partial charge >= 0.3 is 0 Å². The van der Waals surface area contributed by atoms with E-state index < -0.39 is 0 Å². The number of hydrogen-bond donors (Lipinski definition) is 0. The van der Waals surface area contributed by atoms with Gasteiger partial charge in [0.1, 0.15) is 0 Å². The highest BCUT2D eigenvalue weighted by Crippen LogP contribution is 2.60. The predicted octanol–water partition coefficient (Wildman–Crippen LogP) is 7.77. The van der Waals surface area contributed by atoms with E-state index in [0.29, 0.717) is 5.92 Å². The Kier molecular flexibility index (Phi) is 4.11. The van der Waals surface area contributed by atoms with Crippen molar-refractivity contribution in [3.63, 3.8) is 0 Å². The lowest BCUT2D eigenvalue weighted by Crippen LogP contribution is -2.26. The van der Waals surface area contributed by atoms with Gasteiger partial charge in [0.15, 0.2) is 0 Å². The Morgan fingerprint density at radius 2 is 1.13 bits per heavy atom. The summed E-state index contributed by atoms with van der Waals surface area (Å²) in [6.45, 7) is 0. The van der Waals surface area contributed by atoms with Crippen molar-refractivity contribution in [2.75, 3.05) is 0 Å². The van der Waals surface area contributed by atoms with Gasteiger partial charge in [0.05, 0.1) is 0 Å². The molecule has 1 unspecified atom stereocenters. The fourth-order valence-electron chi connectivity index (χ4n) is 5.34. The van der Waals surface area contributed by atoms with E-state index in [0.717, 1.165) is 6.42 Å². The third-order valence-electron chi connectivity index (χ3n) is 6.61. The fourth-order valence-corrected chi connectivity index (χ4v) is 6.75. The molecule has 1 heteroatoms. The normalized spacial score (nSPS) is 17.1. The lowest BCUT2D eigenvalue weighted by Gasteiger charge is -2.33. The third kappa shape index (κ3) is 2.52. The average Bonchev–Trinajstić information content (AvgIpc) is 3.37. The van der Waals surface area contributed by atoms with Gasteiger partial charge in [-0.15, -0.1) is 11.3 Å². The second-order valence-electron chi connectivity index (χ2n) is 8.14. The molecule has 1 aliphatic carbocycles. The van der Waals surface area contributed by atoms with E-state index in [2.05, 4.69) is 115 Å². The van der Waals surface area contributed by atoms with E-state index >= 15 is 0 Å². The minimum atomic E-state index is -0.141. The van der Waals surface area contributed by atoms with Crippen LogP contribution in [0.4, 0.5) is 0 Å². The summed E-state index contributed by atoms with van der Waals surface area (Å²) in [6, 6.07) is 42.3. The zero-order chi connectivity index (χ0) is 20.0. The summed E-state index contributed by atoms with van der Waals surface area (Å²) in [6.07, 6.45) is 1.07. The maximum atomic E-state index is 2.32. The molecule has 144 valence electrons. The summed E-state index contributed by atoms with van der Waals surface area (Å²) in [5.74, 6) is 0.402. The van der Waals surface area contributed by atoms with E-state index in [9.17, 15) is 0 Å². The maximum Gasteiger partial charge on any atom is 0.0478 e. The second kappa shape index (κ2) is 6.97. The molecular formula is C29H22S. The Morgan fingerprint density at radius 1 is 0.600 bits per heavy atom. The van der Waals surface area contributed by atoms with Gasteiger partial charge in [-0.05, 0) is 40.1 Å². The molecular weight excluding hydrogens is 380 g/mol. The van der Waals surface area contributed by atoms with E-state index in [1.165, 1.54) is 37.2 Å². The molecule has 0 N–H and O–H groups in total. The Hall–Kier alpha value is -3.16. The van der Waals surface area contributed by atoms with Gasteiger partial charge in [-0.3, -0.25) is 0 Å². The molecule has 0 saturated heterocycles. The minimum absolute atomic E-state index is 0.141. The van der Waals surface area contributed by atoms with Crippen molar-refractivity contribution in [2.24, 2.45) is 0 Å². The summed E-state index contributed by atoms with van der Waals surface area (Å²) in [7, 11) is 0. The van der Waals surface area contributed by atoms with Crippen LogP contribution in [-0.4, -0.2) is 0 Å².